The van der Waals surface area contributed by atoms with Crippen molar-refractivity contribution < 1.29 is 9.72 Å². The number of aromatic nitrogens is 3. The lowest BCUT2D eigenvalue weighted by molar-refractivity contribution is -0.385. The Kier molecular flexibility index (Phi) is 6.61. The van der Waals surface area contributed by atoms with Crippen LogP contribution in [0.25, 0.3) is 5.69 Å². The molecule has 166 valence electrons. The molecule has 9 nitrogen and oxygen atoms in total. The number of rotatable bonds is 7. The number of carbonyl (C=O) groups excluding carboxylic acids is 1. The molecule has 1 fully saturated rings. The second-order valence-electron chi connectivity index (χ2n) is 7.39. The van der Waals surface area contributed by atoms with Crippen molar-refractivity contribution in [2.24, 2.45) is 0 Å². The predicted molar refractivity (Wildman–Crippen MR) is 125 cm³/mol. The van der Waals surface area contributed by atoms with Crippen LogP contribution in [0.4, 0.5) is 17.3 Å². The predicted octanol–water partition coefficient (Wildman–Crippen LogP) is 4.47. The van der Waals surface area contributed by atoms with E-state index >= 15 is 0 Å². The number of amides is 1. The number of hydrogen-bond acceptors (Lipinski definition) is 7. The molecule has 2 heterocycles. The number of nitro groups is 1. The molecule has 0 bridgehead atoms. The summed E-state index contributed by atoms with van der Waals surface area (Å²) in [5.41, 5.74) is 1.70. The molecule has 0 atom stereocenters. The van der Waals surface area contributed by atoms with Crippen molar-refractivity contribution in [2.45, 2.75) is 24.9 Å². The first-order chi connectivity index (χ1) is 15.4. The van der Waals surface area contributed by atoms with Crippen LogP contribution >= 0.6 is 23.4 Å². The molecule has 4 rings (SSSR count). The third-order valence-corrected chi connectivity index (χ3v) is 6.26. The van der Waals surface area contributed by atoms with Crippen LogP contribution < -0.4 is 10.2 Å². The van der Waals surface area contributed by atoms with E-state index in [4.69, 9.17) is 11.6 Å². The van der Waals surface area contributed by atoms with E-state index in [2.05, 4.69) is 20.4 Å². The standard InChI is InChI=1S/C21H21ClN6O3S/c1-14-7-8-16(12-18(14)28(30)31)23-19(29)13-32-21-25-24-20(26-9-2-3-10-26)27(21)17-6-4-5-15(22)11-17/h4-8,11-12H,2-3,9-10,13H2,1H3,(H,23,29). The zero-order chi connectivity index (χ0) is 22.7. The van der Waals surface area contributed by atoms with Gasteiger partial charge in [-0.15, -0.1) is 10.2 Å². The van der Waals surface area contributed by atoms with Crippen LogP contribution in [0.15, 0.2) is 47.6 Å². The summed E-state index contributed by atoms with van der Waals surface area (Å²) in [7, 11) is 0. The van der Waals surface area contributed by atoms with Gasteiger partial charge in [-0.2, -0.15) is 0 Å². The molecule has 2 aromatic carbocycles. The molecular weight excluding hydrogens is 452 g/mol. The van der Waals surface area contributed by atoms with Gasteiger partial charge in [0.2, 0.25) is 11.9 Å². The number of carbonyl (C=O) groups is 1. The van der Waals surface area contributed by atoms with Gasteiger partial charge in [0.05, 0.1) is 16.4 Å². The maximum Gasteiger partial charge on any atom is 0.274 e. The molecule has 11 heteroatoms. The largest absolute Gasteiger partial charge is 0.341 e. The van der Waals surface area contributed by atoms with Gasteiger partial charge in [-0.3, -0.25) is 19.5 Å². The minimum atomic E-state index is -0.465. The molecule has 0 radical (unpaired) electrons. The minimum Gasteiger partial charge on any atom is -0.341 e. The Morgan fingerprint density at radius 2 is 2.00 bits per heavy atom. The molecule has 0 aliphatic carbocycles. The summed E-state index contributed by atoms with van der Waals surface area (Å²) in [5, 5.41) is 23.7. The zero-order valence-corrected chi connectivity index (χ0v) is 18.9. The summed E-state index contributed by atoms with van der Waals surface area (Å²) >= 11 is 7.45. The summed E-state index contributed by atoms with van der Waals surface area (Å²) in [5.74, 6) is 0.499. The lowest BCUT2D eigenvalue weighted by Gasteiger charge is -2.18. The Morgan fingerprint density at radius 1 is 1.22 bits per heavy atom. The van der Waals surface area contributed by atoms with Gasteiger partial charge in [0, 0.05) is 35.4 Å². The van der Waals surface area contributed by atoms with E-state index in [1.807, 2.05) is 22.8 Å². The topological polar surface area (TPSA) is 106 Å². The average Bonchev–Trinajstić information content (AvgIpc) is 3.43. The van der Waals surface area contributed by atoms with Gasteiger partial charge in [0.15, 0.2) is 5.16 Å². The monoisotopic (exact) mass is 472 g/mol. The SMILES string of the molecule is Cc1ccc(NC(=O)CSc2nnc(N3CCCC3)n2-c2cccc(Cl)c2)cc1[N+](=O)[O-]. The molecule has 1 aromatic heterocycles. The van der Waals surface area contributed by atoms with E-state index in [0.717, 1.165) is 37.6 Å². The van der Waals surface area contributed by atoms with Gasteiger partial charge < -0.3 is 10.2 Å². The number of halogens is 1. The van der Waals surface area contributed by atoms with Gasteiger partial charge in [0.1, 0.15) is 0 Å². The van der Waals surface area contributed by atoms with Crippen LogP contribution in [0.5, 0.6) is 0 Å². The van der Waals surface area contributed by atoms with Crippen molar-refractivity contribution in [3.05, 3.63) is 63.2 Å². The van der Waals surface area contributed by atoms with Crippen molar-refractivity contribution in [1.29, 1.82) is 0 Å². The number of aryl methyl sites for hydroxylation is 1. The first kappa shape index (κ1) is 22.1. The first-order valence-electron chi connectivity index (χ1n) is 10.1. The highest BCUT2D eigenvalue weighted by atomic mass is 35.5. The third kappa shape index (κ3) is 4.86. The van der Waals surface area contributed by atoms with Crippen LogP contribution in [-0.4, -0.2) is 44.4 Å². The smallest absolute Gasteiger partial charge is 0.274 e. The highest BCUT2D eigenvalue weighted by molar-refractivity contribution is 7.99. The highest BCUT2D eigenvalue weighted by Crippen LogP contribution is 2.30. The number of nitrogens with one attached hydrogen (secondary N) is 1. The fourth-order valence-electron chi connectivity index (χ4n) is 3.53. The second-order valence-corrected chi connectivity index (χ2v) is 8.77. The fourth-order valence-corrected chi connectivity index (χ4v) is 4.46. The summed E-state index contributed by atoms with van der Waals surface area (Å²) in [6, 6.07) is 12.0. The average molecular weight is 473 g/mol. The molecule has 32 heavy (non-hydrogen) atoms. The molecule has 1 saturated heterocycles. The van der Waals surface area contributed by atoms with E-state index in [0.29, 0.717) is 21.4 Å². The number of benzene rings is 2. The van der Waals surface area contributed by atoms with Crippen molar-refractivity contribution in [3.63, 3.8) is 0 Å². The molecule has 0 unspecified atom stereocenters. The van der Waals surface area contributed by atoms with E-state index < -0.39 is 4.92 Å². The Morgan fingerprint density at radius 3 is 2.72 bits per heavy atom. The van der Waals surface area contributed by atoms with E-state index in [1.54, 1.807) is 25.1 Å². The minimum absolute atomic E-state index is 0.0357. The van der Waals surface area contributed by atoms with E-state index in [-0.39, 0.29) is 17.3 Å². The zero-order valence-electron chi connectivity index (χ0n) is 17.3. The number of hydrogen-bond donors (Lipinski definition) is 1. The molecular formula is C21H21ClN6O3S. The van der Waals surface area contributed by atoms with Gasteiger partial charge >= 0.3 is 0 Å². The van der Waals surface area contributed by atoms with E-state index in [1.165, 1.54) is 17.8 Å². The Balaban J connectivity index is 1.52. The number of nitro benzene ring substituents is 1. The molecule has 0 saturated carbocycles. The van der Waals surface area contributed by atoms with E-state index in [9.17, 15) is 14.9 Å². The third-order valence-electron chi connectivity index (χ3n) is 5.09. The van der Waals surface area contributed by atoms with Gasteiger partial charge in [-0.05, 0) is 44.0 Å². The van der Waals surface area contributed by atoms with Crippen molar-refractivity contribution in [2.75, 3.05) is 29.1 Å². The van der Waals surface area contributed by atoms with Crippen LogP contribution in [0, 0.1) is 17.0 Å². The number of thioether (sulfide) groups is 1. The molecule has 1 aliphatic heterocycles. The summed E-state index contributed by atoms with van der Waals surface area (Å²) in [4.78, 5) is 25.4. The molecule has 0 spiro atoms. The van der Waals surface area contributed by atoms with Crippen molar-refractivity contribution in [3.8, 4) is 5.69 Å². The van der Waals surface area contributed by atoms with Crippen LogP contribution in [0.3, 0.4) is 0 Å². The highest BCUT2D eigenvalue weighted by Gasteiger charge is 2.23. The van der Waals surface area contributed by atoms with Crippen LogP contribution in [-0.2, 0) is 4.79 Å². The first-order valence-corrected chi connectivity index (χ1v) is 11.4. The van der Waals surface area contributed by atoms with Crippen LogP contribution in [0.2, 0.25) is 5.02 Å². The Hall–Kier alpha value is -3.11. The molecule has 1 amide bonds. The van der Waals surface area contributed by atoms with Crippen molar-refractivity contribution >= 4 is 46.6 Å². The maximum absolute atomic E-state index is 12.5. The second kappa shape index (κ2) is 9.58. The molecule has 1 N–H and O–H groups in total. The van der Waals surface area contributed by atoms with Gasteiger partial charge in [-0.25, -0.2) is 0 Å². The quantitative estimate of drug-likeness (QED) is 0.307. The maximum atomic E-state index is 12.5. The fraction of sp³-hybridized carbons (Fsp3) is 0.286. The lowest BCUT2D eigenvalue weighted by atomic mass is 10.2. The molecule has 3 aromatic rings. The van der Waals surface area contributed by atoms with Gasteiger partial charge in [0.25, 0.3) is 5.69 Å². The Bertz CT molecular complexity index is 1160. The summed E-state index contributed by atoms with van der Waals surface area (Å²) in [6.07, 6.45) is 2.19. The summed E-state index contributed by atoms with van der Waals surface area (Å²) in [6.45, 7) is 3.45. The van der Waals surface area contributed by atoms with Crippen LogP contribution in [0.1, 0.15) is 18.4 Å². The normalized spacial score (nSPS) is 13.4. The number of nitrogens with zero attached hydrogens (tertiary/aromatic N) is 5. The lowest BCUT2D eigenvalue weighted by Crippen LogP contribution is -2.22. The number of anilines is 2. The summed E-state index contributed by atoms with van der Waals surface area (Å²) < 4.78 is 1.91. The van der Waals surface area contributed by atoms with Crippen molar-refractivity contribution in [1.82, 2.24) is 14.8 Å². The van der Waals surface area contributed by atoms with Gasteiger partial charge in [-0.1, -0.05) is 35.5 Å². The Labute approximate surface area is 193 Å². The molecule has 1 aliphatic rings.